The van der Waals surface area contributed by atoms with Crippen LogP contribution in [0.5, 0.6) is 0 Å². The van der Waals surface area contributed by atoms with Gasteiger partial charge in [0.15, 0.2) is 0 Å². The second-order valence-corrected chi connectivity index (χ2v) is 4.01. The molecule has 0 saturated carbocycles. The van der Waals surface area contributed by atoms with E-state index in [0.717, 1.165) is 22.5 Å². The number of benzene rings is 1. The summed E-state index contributed by atoms with van der Waals surface area (Å²) in [5.74, 6) is 1.37. The summed E-state index contributed by atoms with van der Waals surface area (Å²) in [6.07, 6.45) is 1.68. The topological polar surface area (TPSA) is 74.1 Å². The number of fused-ring (bicyclic) bond motifs is 1. The third-order valence-electron chi connectivity index (χ3n) is 2.76. The van der Waals surface area contributed by atoms with Gasteiger partial charge in [0.25, 0.3) is 0 Å². The Morgan fingerprint density at radius 1 is 1.22 bits per heavy atom. The van der Waals surface area contributed by atoms with Gasteiger partial charge >= 0.3 is 0 Å². The number of hydrogen-bond donors (Lipinski definition) is 3. The standard InChI is InChI=1S/C13H13N3O2/c17-7-11-3-2-10(18-11)6-14-9-1-4-12-13(5-9)16-8-15-12/h1-5,8,14,17H,6-7H2,(H,15,16). The van der Waals surface area contributed by atoms with E-state index in [1.54, 1.807) is 12.4 Å². The van der Waals surface area contributed by atoms with Crippen LogP contribution in [0.4, 0.5) is 5.69 Å². The molecule has 2 heterocycles. The van der Waals surface area contributed by atoms with Crippen molar-refractivity contribution in [3.8, 4) is 0 Å². The summed E-state index contributed by atoms with van der Waals surface area (Å²) in [4.78, 5) is 7.23. The Bertz CT molecular complexity index is 657. The Morgan fingerprint density at radius 2 is 2.11 bits per heavy atom. The number of nitrogens with one attached hydrogen (secondary N) is 2. The Kier molecular flexibility index (Phi) is 2.74. The molecule has 5 heteroatoms. The van der Waals surface area contributed by atoms with Crippen LogP contribution in [0.15, 0.2) is 41.1 Å². The minimum atomic E-state index is -0.0693. The van der Waals surface area contributed by atoms with E-state index in [2.05, 4.69) is 15.3 Å². The first-order valence-electron chi connectivity index (χ1n) is 5.70. The predicted molar refractivity (Wildman–Crippen MR) is 68.1 cm³/mol. The van der Waals surface area contributed by atoms with E-state index in [0.29, 0.717) is 12.3 Å². The summed E-state index contributed by atoms with van der Waals surface area (Å²) in [6, 6.07) is 9.55. The number of aromatic amines is 1. The Balaban J connectivity index is 1.72. The normalized spacial score (nSPS) is 10.9. The molecule has 3 aromatic rings. The van der Waals surface area contributed by atoms with Gasteiger partial charge in [-0.25, -0.2) is 4.98 Å². The van der Waals surface area contributed by atoms with Gasteiger partial charge in [0.05, 0.1) is 23.9 Å². The molecule has 0 atom stereocenters. The fraction of sp³-hybridized carbons (Fsp3) is 0.154. The lowest BCUT2D eigenvalue weighted by Gasteiger charge is -2.04. The van der Waals surface area contributed by atoms with E-state index in [1.807, 2.05) is 24.3 Å². The Labute approximate surface area is 103 Å². The van der Waals surface area contributed by atoms with Crippen LogP contribution in [-0.2, 0) is 13.2 Å². The van der Waals surface area contributed by atoms with Crippen LogP contribution in [0.3, 0.4) is 0 Å². The smallest absolute Gasteiger partial charge is 0.129 e. The van der Waals surface area contributed by atoms with Gasteiger partial charge in [-0.05, 0) is 30.3 Å². The predicted octanol–water partition coefficient (Wildman–Crippen LogP) is 2.26. The van der Waals surface area contributed by atoms with Crippen molar-refractivity contribution in [2.75, 3.05) is 5.32 Å². The molecule has 0 spiro atoms. The Morgan fingerprint density at radius 3 is 2.94 bits per heavy atom. The summed E-state index contributed by atoms with van der Waals surface area (Å²) in [5, 5.41) is 12.2. The number of aromatic nitrogens is 2. The van der Waals surface area contributed by atoms with Gasteiger partial charge < -0.3 is 19.8 Å². The van der Waals surface area contributed by atoms with Gasteiger partial charge in [0.2, 0.25) is 0 Å². The molecule has 0 amide bonds. The van der Waals surface area contributed by atoms with Crippen LogP contribution < -0.4 is 5.32 Å². The fourth-order valence-corrected chi connectivity index (χ4v) is 1.84. The van der Waals surface area contributed by atoms with Crippen LogP contribution in [0.1, 0.15) is 11.5 Å². The van der Waals surface area contributed by atoms with Gasteiger partial charge in [0.1, 0.15) is 18.1 Å². The number of nitrogens with zero attached hydrogens (tertiary/aromatic N) is 1. The zero-order valence-corrected chi connectivity index (χ0v) is 9.68. The van der Waals surface area contributed by atoms with E-state index in [9.17, 15) is 0 Å². The molecule has 3 rings (SSSR count). The number of imidazole rings is 1. The number of H-pyrrole nitrogens is 1. The van der Waals surface area contributed by atoms with Gasteiger partial charge in [0, 0.05) is 5.69 Å². The number of anilines is 1. The lowest BCUT2D eigenvalue weighted by molar-refractivity contribution is 0.244. The SMILES string of the molecule is OCc1ccc(CNc2ccc3nc[nH]c3c2)o1. The molecule has 0 aliphatic heterocycles. The van der Waals surface area contributed by atoms with E-state index in [4.69, 9.17) is 9.52 Å². The van der Waals surface area contributed by atoms with Gasteiger partial charge in [-0.3, -0.25) is 0 Å². The van der Waals surface area contributed by atoms with Crippen LogP contribution >= 0.6 is 0 Å². The number of aliphatic hydroxyl groups excluding tert-OH is 1. The van der Waals surface area contributed by atoms with E-state index in [1.165, 1.54) is 0 Å². The number of rotatable bonds is 4. The third kappa shape index (κ3) is 2.08. The first kappa shape index (κ1) is 10.9. The largest absolute Gasteiger partial charge is 0.462 e. The quantitative estimate of drug-likeness (QED) is 0.657. The molecule has 0 saturated heterocycles. The number of aliphatic hydroxyl groups is 1. The zero-order valence-electron chi connectivity index (χ0n) is 9.68. The van der Waals surface area contributed by atoms with Gasteiger partial charge in [-0.2, -0.15) is 0 Å². The first-order valence-corrected chi connectivity index (χ1v) is 5.70. The maximum Gasteiger partial charge on any atom is 0.129 e. The monoisotopic (exact) mass is 243 g/mol. The lowest BCUT2D eigenvalue weighted by Crippen LogP contribution is -1.97. The van der Waals surface area contributed by atoms with Crippen molar-refractivity contribution in [2.24, 2.45) is 0 Å². The van der Waals surface area contributed by atoms with E-state index in [-0.39, 0.29) is 6.61 Å². The molecule has 1 aromatic carbocycles. The van der Waals surface area contributed by atoms with Gasteiger partial charge in [-0.1, -0.05) is 0 Å². The zero-order chi connectivity index (χ0) is 12.4. The summed E-state index contributed by atoms with van der Waals surface area (Å²) >= 11 is 0. The molecule has 0 unspecified atom stereocenters. The summed E-state index contributed by atoms with van der Waals surface area (Å²) in [7, 11) is 0. The van der Waals surface area contributed by atoms with E-state index >= 15 is 0 Å². The van der Waals surface area contributed by atoms with Crippen molar-refractivity contribution in [3.05, 3.63) is 48.2 Å². The summed E-state index contributed by atoms with van der Waals surface area (Å²) < 4.78 is 5.39. The van der Waals surface area contributed by atoms with Crippen molar-refractivity contribution in [1.82, 2.24) is 9.97 Å². The summed E-state index contributed by atoms with van der Waals surface area (Å²) in [5.41, 5.74) is 2.94. The highest BCUT2D eigenvalue weighted by Crippen LogP contribution is 2.17. The molecule has 0 radical (unpaired) electrons. The second-order valence-electron chi connectivity index (χ2n) is 4.01. The van der Waals surface area contributed by atoms with Crippen molar-refractivity contribution >= 4 is 16.7 Å². The maximum atomic E-state index is 8.91. The van der Waals surface area contributed by atoms with Crippen LogP contribution in [-0.4, -0.2) is 15.1 Å². The third-order valence-corrected chi connectivity index (χ3v) is 2.76. The first-order chi connectivity index (χ1) is 8.85. The van der Waals surface area contributed by atoms with Crippen molar-refractivity contribution in [2.45, 2.75) is 13.2 Å². The fourth-order valence-electron chi connectivity index (χ4n) is 1.84. The van der Waals surface area contributed by atoms with Crippen molar-refractivity contribution < 1.29 is 9.52 Å². The van der Waals surface area contributed by atoms with Crippen LogP contribution in [0.25, 0.3) is 11.0 Å². The lowest BCUT2D eigenvalue weighted by atomic mass is 10.2. The molecular weight excluding hydrogens is 230 g/mol. The molecule has 0 aliphatic carbocycles. The average Bonchev–Trinajstić information content (AvgIpc) is 3.04. The van der Waals surface area contributed by atoms with Crippen LogP contribution in [0.2, 0.25) is 0 Å². The molecule has 2 aromatic heterocycles. The Hall–Kier alpha value is -2.27. The van der Waals surface area contributed by atoms with Crippen molar-refractivity contribution in [1.29, 1.82) is 0 Å². The summed E-state index contributed by atoms with van der Waals surface area (Å²) in [6.45, 7) is 0.514. The molecular formula is C13H13N3O2. The minimum absolute atomic E-state index is 0.0693. The van der Waals surface area contributed by atoms with Crippen molar-refractivity contribution in [3.63, 3.8) is 0 Å². The molecule has 92 valence electrons. The average molecular weight is 243 g/mol. The second kappa shape index (κ2) is 4.54. The molecule has 5 nitrogen and oxygen atoms in total. The molecule has 3 N–H and O–H groups in total. The van der Waals surface area contributed by atoms with E-state index < -0.39 is 0 Å². The highest BCUT2D eigenvalue weighted by Gasteiger charge is 2.02. The molecule has 0 aliphatic rings. The highest BCUT2D eigenvalue weighted by molar-refractivity contribution is 5.78. The number of hydrogen-bond acceptors (Lipinski definition) is 4. The minimum Gasteiger partial charge on any atom is -0.462 e. The molecule has 0 bridgehead atoms. The highest BCUT2D eigenvalue weighted by atomic mass is 16.4. The number of furan rings is 1. The molecule has 18 heavy (non-hydrogen) atoms. The maximum absolute atomic E-state index is 8.91. The van der Waals surface area contributed by atoms with Crippen LogP contribution in [0, 0.1) is 0 Å². The van der Waals surface area contributed by atoms with Gasteiger partial charge in [-0.15, -0.1) is 0 Å². The molecule has 0 fully saturated rings.